The second-order valence-electron chi connectivity index (χ2n) is 12.8. The van der Waals surface area contributed by atoms with Crippen molar-refractivity contribution in [3.63, 3.8) is 0 Å². The first-order valence-corrected chi connectivity index (χ1v) is 16.0. The van der Waals surface area contributed by atoms with Crippen molar-refractivity contribution in [3.05, 3.63) is 113 Å². The molecular weight excluding hydrogens is 594 g/mol. The van der Waals surface area contributed by atoms with Crippen LogP contribution in [0.4, 0.5) is 0 Å². The molecule has 240 valence electrons. The number of carbonyl (C=O) groups excluding carboxylic acids is 2. The fraction of sp³-hybridized carbons (Fsp3) is 0.333. The third kappa shape index (κ3) is 6.06. The van der Waals surface area contributed by atoms with Gasteiger partial charge in [-0.15, -0.1) is 0 Å². The fourth-order valence-corrected chi connectivity index (χ4v) is 7.08. The summed E-state index contributed by atoms with van der Waals surface area (Å²) in [6.07, 6.45) is 9.46. The summed E-state index contributed by atoms with van der Waals surface area (Å²) in [5.74, 6) is -0.497. The maximum Gasteiger partial charge on any atom is 0.262 e. The van der Waals surface area contributed by atoms with E-state index in [4.69, 9.17) is 0 Å². The third-order valence-corrected chi connectivity index (χ3v) is 9.77. The molecule has 1 N–H and O–H groups in total. The highest BCUT2D eigenvalue weighted by atomic mass is 16.3. The van der Waals surface area contributed by atoms with E-state index in [-0.39, 0.29) is 35.8 Å². The molecular formula is C36H37N7O4. The number of nitrogens with zero attached hydrogens (tertiary/aromatic N) is 7. The summed E-state index contributed by atoms with van der Waals surface area (Å²) in [4.78, 5) is 57.3. The molecule has 2 fully saturated rings. The minimum Gasteiger partial charge on any atom is -0.388 e. The average Bonchev–Trinajstić information content (AvgIpc) is 3.50. The van der Waals surface area contributed by atoms with Crippen molar-refractivity contribution in [1.29, 1.82) is 0 Å². The van der Waals surface area contributed by atoms with Gasteiger partial charge in [0.25, 0.3) is 11.5 Å². The van der Waals surface area contributed by atoms with Gasteiger partial charge in [0.1, 0.15) is 18.3 Å². The molecule has 5 aromatic rings. The van der Waals surface area contributed by atoms with Crippen LogP contribution in [0, 0.1) is 5.92 Å². The Hall–Kier alpha value is -5.16. The van der Waals surface area contributed by atoms with E-state index in [0.717, 1.165) is 16.7 Å². The molecule has 2 amide bonds. The lowest BCUT2D eigenvalue weighted by Gasteiger charge is -2.43. The Labute approximate surface area is 272 Å². The van der Waals surface area contributed by atoms with Crippen LogP contribution in [0.5, 0.6) is 0 Å². The second-order valence-corrected chi connectivity index (χ2v) is 12.8. The maximum atomic E-state index is 14.1. The molecule has 0 spiro atoms. The molecule has 2 saturated heterocycles. The number of piperidine rings is 2. The molecule has 47 heavy (non-hydrogen) atoms. The lowest BCUT2D eigenvalue weighted by Crippen LogP contribution is -2.53. The van der Waals surface area contributed by atoms with E-state index >= 15 is 0 Å². The van der Waals surface area contributed by atoms with Gasteiger partial charge in [0.05, 0.1) is 17.5 Å². The zero-order valence-corrected chi connectivity index (χ0v) is 26.3. The van der Waals surface area contributed by atoms with Crippen LogP contribution in [0.2, 0.25) is 0 Å². The first-order valence-electron chi connectivity index (χ1n) is 16.0. The van der Waals surface area contributed by atoms with Gasteiger partial charge in [0.15, 0.2) is 0 Å². The molecule has 0 radical (unpaired) electrons. The molecule has 0 aliphatic carbocycles. The van der Waals surface area contributed by atoms with Crippen molar-refractivity contribution < 1.29 is 14.7 Å². The maximum absolute atomic E-state index is 14.1. The lowest BCUT2D eigenvalue weighted by atomic mass is 9.79. The van der Waals surface area contributed by atoms with E-state index in [1.165, 1.54) is 17.2 Å². The molecule has 3 aromatic heterocycles. The number of aromatic nitrogens is 5. The summed E-state index contributed by atoms with van der Waals surface area (Å²) >= 11 is 0. The topological polar surface area (TPSA) is 126 Å². The molecule has 0 bridgehead atoms. The number of rotatable bonds is 6. The monoisotopic (exact) mass is 631 g/mol. The summed E-state index contributed by atoms with van der Waals surface area (Å²) in [6, 6.07) is 19.2. The van der Waals surface area contributed by atoms with Crippen LogP contribution in [-0.4, -0.2) is 82.6 Å². The molecule has 2 aliphatic rings. The number of aryl methyl sites for hydroxylation is 1. The zero-order chi connectivity index (χ0) is 32.5. The number of fused-ring (bicyclic) bond motifs is 1. The van der Waals surface area contributed by atoms with E-state index in [0.29, 0.717) is 62.0 Å². The number of amides is 2. The minimum absolute atomic E-state index is 0.0450. The van der Waals surface area contributed by atoms with E-state index in [9.17, 15) is 19.5 Å². The van der Waals surface area contributed by atoms with Gasteiger partial charge in [0.2, 0.25) is 5.91 Å². The van der Waals surface area contributed by atoms with Crippen LogP contribution < -0.4 is 5.56 Å². The predicted octanol–water partition coefficient (Wildman–Crippen LogP) is 3.49. The van der Waals surface area contributed by atoms with Gasteiger partial charge in [-0.3, -0.25) is 19.0 Å². The largest absolute Gasteiger partial charge is 0.388 e. The highest BCUT2D eigenvalue weighted by molar-refractivity contribution is 5.96. The van der Waals surface area contributed by atoms with Crippen LogP contribution in [0.3, 0.4) is 0 Å². The summed E-state index contributed by atoms with van der Waals surface area (Å²) in [5.41, 5.74) is 2.61. The van der Waals surface area contributed by atoms with Crippen molar-refractivity contribution in [1.82, 2.24) is 33.9 Å². The third-order valence-electron chi connectivity index (χ3n) is 9.77. The summed E-state index contributed by atoms with van der Waals surface area (Å²) in [6.45, 7) is 1.79. The normalized spacial score (nSPS) is 19.5. The van der Waals surface area contributed by atoms with Crippen molar-refractivity contribution in [2.75, 3.05) is 26.2 Å². The Kier molecular flexibility index (Phi) is 8.15. The number of benzene rings is 2. The van der Waals surface area contributed by atoms with Gasteiger partial charge in [-0.2, -0.15) is 0 Å². The zero-order valence-electron chi connectivity index (χ0n) is 26.3. The number of carbonyl (C=O) groups is 2. The van der Waals surface area contributed by atoms with Crippen LogP contribution >= 0.6 is 0 Å². The lowest BCUT2D eigenvalue weighted by molar-refractivity contribution is -0.142. The van der Waals surface area contributed by atoms with Crippen molar-refractivity contribution in [3.8, 4) is 11.1 Å². The highest BCUT2D eigenvalue weighted by Crippen LogP contribution is 2.36. The van der Waals surface area contributed by atoms with Gasteiger partial charge in [0, 0.05) is 74.8 Å². The summed E-state index contributed by atoms with van der Waals surface area (Å²) in [5, 5.41) is 12.0. The molecule has 0 saturated carbocycles. The van der Waals surface area contributed by atoms with E-state index < -0.39 is 5.60 Å². The first kappa shape index (κ1) is 30.5. The Morgan fingerprint density at radius 3 is 2.47 bits per heavy atom. The first-order chi connectivity index (χ1) is 22.8. The molecule has 2 aliphatic heterocycles. The number of aliphatic hydroxyl groups is 1. The number of hydrogen-bond donors (Lipinski definition) is 1. The minimum atomic E-state index is -1.13. The summed E-state index contributed by atoms with van der Waals surface area (Å²) in [7, 11) is 1.84. The van der Waals surface area contributed by atoms with E-state index in [1.54, 1.807) is 29.2 Å². The van der Waals surface area contributed by atoms with Crippen molar-refractivity contribution >= 4 is 22.8 Å². The van der Waals surface area contributed by atoms with Crippen LogP contribution in [-0.2, 0) is 18.4 Å². The van der Waals surface area contributed by atoms with Crippen LogP contribution in [0.25, 0.3) is 22.2 Å². The Bertz CT molecular complexity index is 1970. The molecule has 2 atom stereocenters. The highest BCUT2D eigenvalue weighted by Gasteiger charge is 2.41. The smallest absolute Gasteiger partial charge is 0.262 e. The molecule has 11 nitrogen and oxygen atoms in total. The standard InChI is InChI=1S/C36H37N7O4/c1-40-14-10-30-32(40)39-24-43(35(30)46)22-36(47)12-16-41(17-13-36)34(45)29-11-15-42(21-31(29)25-6-3-2-4-7-25)33(44)27-9-5-8-26(18-27)28-19-37-23-38-20-28/h2-10,14,18-20,23-24,29,31,47H,11-13,15-17,21-22H2,1H3/t29-,31+/m1/s1. The van der Waals surface area contributed by atoms with Gasteiger partial charge < -0.3 is 19.5 Å². The molecule has 2 aromatic carbocycles. The number of likely N-dealkylation sites (tertiary alicyclic amines) is 2. The Morgan fingerprint density at radius 1 is 0.936 bits per heavy atom. The van der Waals surface area contributed by atoms with E-state index in [1.807, 2.05) is 71.4 Å². The molecule has 5 heterocycles. The molecule has 11 heteroatoms. The van der Waals surface area contributed by atoms with Crippen LogP contribution in [0.1, 0.15) is 41.1 Å². The predicted molar refractivity (Wildman–Crippen MR) is 176 cm³/mol. The Morgan fingerprint density at radius 2 is 1.70 bits per heavy atom. The Balaban J connectivity index is 1.05. The second kappa shape index (κ2) is 12.6. The number of hydrogen-bond acceptors (Lipinski definition) is 7. The SMILES string of the molecule is Cn1ccc2c(=O)n(CC3(O)CCN(C(=O)[C@@H]4CCN(C(=O)c5cccc(-c6cncnc6)c5)C[C@H]4c4ccccc4)CC3)cnc21. The quantitative estimate of drug-likeness (QED) is 0.304. The summed E-state index contributed by atoms with van der Waals surface area (Å²) < 4.78 is 3.27. The fourth-order valence-electron chi connectivity index (χ4n) is 7.08. The van der Waals surface area contributed by atoms with Gasteiger partial charge in [-0.1, -0.05) is 42.5 Å². The van der Waals surface area contributed by atoms with Gasteiger partial charge >= 0.3 is 0 Å². The molecule has 7 rings (SSSR count). The average molecular weight is 632 g/mol. The molecule has 0 unspecified atom stereocenters. The van der Waals surface area contributed by atoms with Gasteiger partial charge in [-0.25, -0.2) is 15.0 Å². The van der Waals surface area contributed by atoms with E-state index in [2.05, 4.69) is 15.0 Å². The van der Waals surface area contributed by atoms with Crippen molar-refractivity contribution in [2.45, 2.75) is 37.3 Å². The van der Waals surface area contributed by atoms with Gasteiger partial charge in [-0.05, 0) is 48.6 Å². The van der Waals surface area contributed by atoms with Crippen molar-refractivity contribution in [2.24, 2.45) is 13.0 Å². The van der Waals surface area contributed by atoms with Crippen LogP contribution in [0.15, 0.2) is 96.7 Å².